The van der Waals surface area contributed by atoms with Gasteiger partial charge in [-0.3, -0.25) is 4.79 Å². The molecule has 1 amide bonds. The Bertz CT molecular complexity index is 1160. The number of pyridine rings is 2. The average Bonchev–Trinajstić information content (AvgIpc) is 2.80. The molecule has 0 aliphatic heterocycles. The highest BCUT2D eigenvalue weighted by Gasteiger charge is 2.24. The number of nitrogens with zero attached hydrogens (tertiary/aromatic N) is 2. The molecule has 1 unspecified atom stereocenters. The predicted octanol–water partition coefficient (Wildman–Crippen LogP) is 4.08. The molecule has 2 atom stereocenters. The molecular weight excluding hydrogens is 423 g/mol. The zero-order valence-corrected chi connectivity index (χ0v) is 18.6. The Morgan fingerprint density at radius 2 is 1.97 bits per heavy atom. The van der Waals surface area contributed by atoms with Gasteiger partial charge < -0.3 is 26.8 Å². The van der Waals surface area contributed by atoms with Crippen molar-refractivity contribution in [2.75, 3.05) is 17.2 Å². The first-order chi connectivity index (χ1) is 15.9. The minimum Gasteiger partial charge on any atom is -0.478 e. The Kier molecular flexibility index (Phi) is 6.88. The van der Waals surface area contributed by atoms with Gasteiger partial charge in [0.1, 0.15) is 5.82 Å². The topological polar surface area (TPSA) is 128 Å². The van der Waals surface area contributed by atoms with Gasteiger partial charge >= 0.3 is 0 Å². The third kappa shape index (κ3) is 5.31. The molecule has 0 bridgehead atoms. The quantitative estimate of drug-likeness (QED) is 0.405. The Balaban J connectivity index is 1.61. The van der Waals surface area contributed by atoms with Crippen LogP contribution < -0.4 is 26.8 Å². The van der Waals surface area contributed by atoms with Crippen LogP contribution in [0.1, 0.15) is 49.4 Å². The number of nitrogens with one attached hydrogen (secondary N) is 2. The first-order valence-corrected chi connectivity index (χ1v) is 11.3. The fourth-order valence-corrected chi connectivity index (χ4v) is 4.00. The molecule has 8 nitrogen and oxygen atoms in total. The highest BCUT2D eigenvalue weighted by Crippen LogP contribution is 2.28. The number of aromatic nitrogens is 2. The maximum absolute atomic E-state index is 14.7. The van der Waals surface area contributed by atoms with Gasteiger partial charge in [0.05, 0.1) is 17.7 Å². The molecule has 0 spiro atoms. The SMILES string of the molecule is CCCOc1ccc2cc(Nc3nc(N[C@@H]4CCCCC4N)c(F)cc3C(N)=O)ccc2n1. The molecule has 174 valence electrons. The van der Waals surface area contributed by atoms with Gasteiger partial charge in [0.25, 0.3) is 5.91 Å². The van der Waals surface area contributed by atoms with E-state index in [-0.39, 0.29) is 29.3 Å². The van der Waals surface area contributed by atoms with E-state index in [1.807, 2.05) is 31.2 Å². The molecule has 0 radical (unpaired) electrons. The van der Waals surface area contributed by atoms with Crippen LogP contribution in [0.5, 0.6) is 5.88 Å². The zero-order valence-electron chi connectivity index (χ0n) is 18.6. The highest BCUT2D eigenvalue weighted by molar-refractivity contribution is 5.99. The lowest BCUT2D eigenvalue weighted by Crippen LogP contribution is -2.43. The van der Waals surface area contributed by atoms with E-state index in [0.717, 1.165) is 49.1 Å². The van der Waals surface area contributed by atoms with Gasteiger partial charge in [-0.25, -0.2) is 14.4 Å². The van der Waals surface area contributed by atoms with Crippen LogP contribution in [0.25, 0.3) is 10.9 Å². The number of anilines is 3. The first-order valence-electron chi connectivity index (χ1n) is 11.3. The number of carbonyl (C=O) groups excluding carboxylic acids is 1. The molecule has 1 aliphatic rings. The number of amides is 1. The number of rotatable bonds is 8. The Morgan fingerprint density at radius 3 is 2.73 bits per heavy atom. The van der Waals surface area contributed by atoms with E-state index in [1.165, 1.54) is 0 Å². The Morgan fingerprint density at radius 1 is 1.15 bits per heavy atom. The number of carbonyl (C=O) groups is 1. The van der Waals surface area contributed by atoms with Gasteiger partial charge in [-0.15, -0.1) is 0 Å². The van der Waals surface area contributed by atoms with Crippen LogP contribution >= 0.6 is 0 Å². The number of nitrogens with two attached hydrogens (primary N) is 2. The molecule has 2 heterocycles. The highest BCUT2D eigenvalue weighted by atomic mass is 19.1. The summed E-state index contributed by atoms with van der Waals surface area (Å²) in [5, 5.41) is 7.09. The first kappa shape index (κ1) is 22.7. The van der Waals surface area contributed by atoms with Gasteiger partial charge in [-0.1, -0.05) is 19.8 Å². The lowest BCUT2D eigenvalue weighted by molar-refractivity contribution is 0.100. The van der Waals surface area contributed by atoms with Crippen molar-refractivity contribution in [1.82, 2.24) is 9.97 Å². The summed E-state index contributed by atoms with van der Waals surface area (Å²) in [6.45, 7) is 2.64. The number of ether oxygens (including phenoxy) is 1. The minimum absolute atomic E-state index is 0.0347. The van der Waals surface area contributed by atoms with Gasteiger partial charge in [0.15, 0.2) is 11.6 Å². The largest absolute Gasteiger partial charge is 0.478 e. The van der Waals surface area contributed by atoms with E-state index in [0.29, 0.717) is 18.2 Å². The third-order valence-electron chi connectivity index (χ3n) is 5.76. The second kappa shape index (κ2) is 9.99. The molecule has 4 rings (SSSR count). The fourth-order valence-electron chi connectivity index (χ4n) is 4.00. The normalized spacial score (nSPS) is 18.2. The summed E-state index contributed by atoms with van der Waals surface area (Å²) in [6.07, 6.45) is 4.70. The van der Waals surface area contributed by atoms with Crippen LogP contribution in [-0.4, -0.2) is 34.6 Å². The second-order valence-electron chi connectivity index (χ2n) is 8.31. The minimum atomic E-state index is -0.773. The van der Waals surface area contributed by atoms with Crippen LogP contribution in [0.2, 0.25) is 0 Å². The molecule has 2 aromatic heterocycles. The van der Waals surface area contributed by atoms with E-state index in [4.69, 9.17) is 16.2 Å². The Labute approximate surface area is 191 Å². The monoisotopic (exact) mass is 452 g/mol. The van der Waals surface area contributed by atoms with Crippen molar-refractivity contribution < 1.29 is 13.9 Å². The summed E-state index contributed by atoms with van der Waals surface area (Å²) in [5.41, 5.74) is 13.1. The van der Waals surface area contributed by atoms with E-state index < -0.39 is 11.7 Å². The van der Waals surface area contributed by atoms with Crippen molar-refractivity contribution in [1.29, 1.82) is 0 Å². The van der Waals surface area contributed by atoms with Crippen molar-refractivity contribution in [3.8, 4) is 5.88 Å². The lowest BCUT2D eigenvalue weighted by atomic mass is 9.91. The fraction of sp³-hybridized carbons (Fsp3) is 0.375. The molecule has 33 heavy (non-hydrogen) atoms. The van der Waals surface area contributed by atoms with Gasteiger partial charge in [0, 0.05) is 29.2 Å². The number of hydrogen-bond donors (Lipinski definition) is 4. The molecule has 1 aromatic carbocycles. The van der Waals surface area contributed by atoms with Crippen LogP contribution in [0.3, 0.4) is 0 Å². The Hall–Kier alpha value is -3.46. The number of benzene rings is 1. The van der Waals surface area contributed by atoms with Gasteiger partial charge in [-0.05, 0) is 49.6 Å². The maximum atomic E-state index is 14.7. The smallest absolute Gasteiger partial charge is 0.252 e. The molecular formula is C24H29FN6O2. The molecule has 6 N–H and O–H groups in total. The lowest BCUT2D eigenvalue weighted by Gasteiger charge is -2.30. The van der Waals surface area contributed by atoms with Crippen molar-refractivity contribution in [2.24, 2.45) is 11.5 Å². The number of halogens is 1. The molecule has 9 heteroatoms. The van der Waals surface area contributed by atoms with E-state index in [9.17, 15) is 9.18 Å². The van der Waals surface area contributed by atoms with E-state index in [2.05, 4.69) is 20.6 Å². The summed E-state index contributed by atoms with van der Waals surface area (Å²) in [6, 6.07) is 10.2. The van der Waals surface area contributed by atoms with E-state index >= 15 is 0 Å². The number of hydrogen-bond acceptors (Lipinski definition) is 7. The summed E-state index contributed by atoms with van der Waals surface area (Å²) in [7, 11) is 0. The summed E-state index contributed by atoms with van der Waals surface area (Å²) >= 11 is 0. The van der Waals surface area contributed by atoms with Crippen molar-refractivity contribution >= 4 is 34.1 Å². The zero-order chi connectivity index (χ0) is 23.4. The second-order valence-corrected chi connectivity index (χ2v) is 8.31. The van der Waals surface area contributed by atoms with Crippen molar-refractivity contribution in [2.45, 2.75) is 51.1 Å². The van der Waals surface area contributed by atoms with Crippen LogP contribution in [0, 0.1) is 5.82 Å². The van der Waals surface area contributed by atoms with E-state index in [1.54, 1.807) is 6.07 Å². The van der Waals surface area contributed by atoms with Crippen LogP contribution in [0.15, 0.2) is 36.4 Å². The summed E-state index contributed by atoms with van der Waals surface area (Å²) < 4.78 is 20.3. The number of fused-ring (bicyclic) bond motifs is 1. The van der Waals surface area contributed by atoms with Gasteiger partial charge in [-0.2, -0.15) is 0 Å². The average molecular weight is 453 g/mol. The van der Waals surface area contributed by atoms with Crippen LogP contribution in [0.4, 0.5) is 21.7 Å². The van der Waals surface area contributed by atoms with Crippen molar-refractivity contribution in [3.63, 3.8) is 0 Å². The van der Waals surface area contributed by atoms with Crippen LogP contribution in [-0.2, 0) is 0 Å². The molecule has 3 aromatic rings. The summed E-state index contributed by atoms with van der Waals surface area (Å²) in [5.74, 6) is -0.631. The standard InChI is InChI=1S/C24H29FN6O2/c1-2-11-33-21-10-7-14-12-15(8-9-19(14)29-21)28-23-16(22(27)32)13-17(25)24(31-23)30-20-6-4-3-5-18(20)26/h7-10,12-13,18,20H,2-6,11,26H2,1H3,(H2,27,32)(H2,28,30,31)/t18?,20-/m1/s1. The number of primary amides is 1. The molecule has 1 saturated carbocycles. The predicted molar refractivity (Wildman–Crippen MR) is 127 cm³/mol. The van der Waals surface area contributed by atoms with Gasteiger partial charge in [0.2, 0.25) is 5.88 Å². The van der Waals surface area contributed by atoms with Crippen molar-refractivity contribution in [3.05, 3.63) is 47.8 Å². The molecule has 0 saturated heterocycles. The maximum Gasteiger partial charge on any atom is 0.252 e. The third-order valence-corrected chi connectivity index (χ3v) is 5.76. The summed E-state index contributed by atoms with van der Waals surface area (Å²) in [4.78, 5) is 20.8. The molecule has 1 fully saturated rings. The molecule has 1 aliphatic carbocycles.